The van der Waals surface area contributed by atoms with Gasteiger partial charge >= 0.3 is 6.16 Å². The molecule has 0 aliphatic carbocycles. The molecule has 0 amide bonds. The fourth-order valence-electron chi connectivity index (χ4n) is 1.74. The maximum atomic E-state index is 11.0. The van der Waals surface area contributed by atoms with Crippen molar-refractivity contribution in [2.75, 3.05) is 0 Å². The molecule has 0 heterocycles. The van der Waals surface area contributed by atoms with Crippen LogP contribution in [0.3, 0.4) is 0 Å². The summed E-state index contributed by atoms with van der Waals surface area (Å²) in [5, 5.41) is 30.2. The van der Waals surface area contributed by atoms with E-state index in [1.165, 1.54) is 0 Å². The highest BCUT2D eigenvalue weighted by Gasteiger charge is 2.27. The summed E-state index contributed by atoms with van der Waals surface area (Å²) in [6.07, 6.45) is -1.81. The molecule has 0 aliphatic heterocycles. The van der Waals surface area contributed by atoms with E-state index in [1.807, 2.05) is 0 Å². The predicted octanol–water partition coefficient (Wildman–Crippen LogP) is 3.04. The molecule has 20 heavy (non-hydrogen) atoms. The zero-order chi connectivity index (χ0) is 15.3. The Morgan fingerprint density at radius 3 is 2.45 bits per heavy atom. The van der Waals surface area contributed by atoms with Gasteiger partial charge in [0.15, 0.2) is 0 Å². The SMILES string of the molecule is CCCC(OC(=O)O)c1ccc([N+](=O)[O-])cc1[N+](=O)[O-]. The van der Waals surface area contributed by atoms with Crippen LogP contribution < -0.4 is 0 Å². The van der Waals surface area contributed by atoms with Crippen molar-refractivity contribution < 1.29 is 24.5 Å². The van der Waals surface area contributed by atoms with E-state index in [0.717, 1.165) is 18.2 Å². The van der Waals surface area contributed by atoms with Crippen molar-refractivity contribution >= 4 is 17.5 Å². The molecule has 9 heteroatoms. The molecule has 0 saturated heterocycles. The standard InChI is InChI=1S/C11H12N2O7/c1-2-3-10(20-11(14)15)8-5-4-7(12(16)17)6-9(8)13(18)19/h4-6,10H,2-3H2,1H3,(H,14,15). The molecule has 1 unspecified atom stereocenters. The van der Waals surface area contributed by atoms with Gasteiger partial charge in [-0.25, -0.2) is 4.79 Å². The van der Waals surface area contributed by atoms with Crippen molar-refractivity contribution in [2.24, 2.45) is 0 Å². The lowest BCUT2D eigenvalue weighted by Crippen LogP contribution is -2.11. The Balaban J connectivity index is 3.29. The van der Waals surface area contributed by atoms with Crippen LogP contribution in [0.2, 0.25) is 0 Å². The minimum absolute atomic E-state index is 0.00449. The maximum Gasteiger partial charge on any atom is 0.506 e. The third kappa shape index (κ3) is 3.64. The van der Waals surface area contributed by atoms with Crippen LogP contribution in [0.5, 0.6) is 0 Å². The number of nitro groups is 2. The molecule has 0 fully saturated rings. The van der Waals surface area contributed by atoms with Gasteiger partial charge in [-0.15, -0.1) is 0 Å². The number of hydrogen-bond donors (Lipinski definition) is 1. The number of benzene rings is 1. The molecule has 0 aromatic heterocycles. The number of carboxylic acid groups (broad SMARTS) is 1. The fraction of sp³-hybridized carbons (Fsp3) is 0.364. The highest BCUT2D eigenvalue weighted by molar-refractivity contribution is 5.58. The van der Waals surface area contributed by atoms with E-state index in [4.69, 9.17) is 5.11 Å². The summed E-state index contributed by atoms with van der Waals surface area (Å²) in [6, 6.07) is 3.03. The molecule has 108 valence electrons. The lowest BCUT2D eigenvalue weighted by molar-refractivity contribution is -0.394. The molecule has 9 nitrogen and oxygen atoms in total. The first-order chi connectivity index (χ1) is 9.36. The second-order valence-electron chi connectivity index (χ2n) is 3.92. The summed E-state index contributed by atoms with van der Waals surface area (Å²) in [4.78, 5) is 30.6. The smallest absolute Gasteiger partial charge is 0.450 e. The van der Waals surface area contributed by atoms with Crippen LogP contribution in [0.4, 0.5) is 16.2 Å². The number of carbonyl (C=O) groups is 1. The first-order valence-electron chi connectivity index (χ1n) is 5.69. The summed E-state index contributed by atoms with van der Waals surface area (Å²) < 4.78 is 4.61. The van der Waals surface area contributed by atoms with Crippen LogP contribution in [-0.4, -0.2) is 21.1 Å². The molecule has 1 rings (SSSR count). The Morgan fingerprint density at radius 1 is 1.35 bits per heavy atom. The van der Waals surface area contributed by atoms with Gasteiger partial charge in [-0.3, -0.25) is 20.2 Å². The summed E-state index contributed by atoms with van der Waals surface area (Å²) in [7, 11) is 0. The van der Waals surface area contributed by atoms with E-state index in [0.29, 0.717) is 6.42 Å². The highest BCUT2D eigenvalue weighted by Crippen LogP contribution is 2.33. The Bertz CT molecular complexity index is 544. The molecule has 0 spiro atoms. The number of non-ortho nitro benzene ring substituents is 1. The summed E-state index contributed by atoms with van der Waals surface area (Å²) in [5.41, 5.74) is -0.963. The van der Waals surface area contributed by atoms with Crippen molar-refractivity contribution in [3.8, 4) is 0 Å². The number of ether oxygens (including phenoxy) is 1. The molecule has 0 aliphatic rings. The van der Waals surface area contributed by atoms with E-state index in [1.54, 1.807) is 6.92 Å². The molecular formula is C11H12N2O7. The summed E-state index contributed by atoms with van der Waals surface area (Å²) >= 11 is 0. The van der Waals surface area contributed by atoms with Gasteiger partial charge in [0.1, 0.15) is 6.10 Å². The zero-order valence-corrected chi connectivity index (χ0v) is 10.5. The number of hydrogen-bond acceptors (Lipinski definition) is 6. The summed E-state index contributed by atoms with van der Waals surface area (Å²) in [5.74, 6) is 0. The molecule has 1 aromatic rings. The molecule has 0 radical (unpaired) electrons. The lowest BCUT2D eigenvalue weighted by Gasteiger charge is -2.15. The van der Waals surface area contributed by atoms with Crippen LogP contribution in [-0.2, 0) is 4.74 Å². The predicted molar refractivity (Wildman–Crippen MR) is 66.5 cm³/mol. The Morgan fingerprint density at radius 2 is 2.00 bits per heavy atom. The topological polar surface area (TPSA) is 133 Å². The second kappa shape index (κ2) is 6.45. The van der Waals surface area contributed by atoms with Gasteiger partial charge in [0.05, 0.1) is 21.5 Å². The lowest BCUT2D eigenvalue weighted by atomic mass is 10.0. The van der Waals surface area contributed by atoms with Gasteiger partial charge in [-0.1, -0.05) is 13.3 Å². The van der Waals surface area contributed by atoms with Crippen molar-refractivity contribution in [1.82, 2.24) is 0 Å². The average molecular weight is 284 g/mol. The number of nitrogens with zero attached hydrogens (tertiary/aromatic N) is 2. The molecule has 1 N–H and O–H groups in total. The molecular weight excluding hydrogens is 272 g/mol. The first kappa shape index (κ1) is 15.3. The van der Waals surface area contributed by atoms with Gasteiger partial charge in [-0.2, -0.15) is 0 Å². The van der Waals surface area contributed by atoms with Crippen LogP contribution >= 0.6 is 0 Å². The van der Waals surface area contributed by atoms with Gasteiger partial charge in [0.2, 0.25) is 0 Å². The van der Waals surface area contributed by atoms with E-state index < -0.39 is 33.5 Å². The van der Waals surface area contributed by atoms with Crippen molar-refractivity contribution in [3.63, 3.8) is 0 Å². The molecule has 0 saturated carbocycles. The summed E-state index contributed by atoms with van der Waals surface area (Å²) in [6.45, 7) is 1.76. The van der Waals surface area contributed by atoms with Crippen LogP contribution in [0.15, 0.2) is 18.2 Å². The van der Waals surface area contributed by atoms with Crippen molar-refractivity contribution in [2.45, 2.75) is 25.9 Å². The minimum atomic E-state index is -1.56. The van der Waals surface area contributed by atoms with Crippen molar-refractivity contribution in [3.05, 3.63) is 44.0 Å². The third-order valence-corrected chi connectivity index (χ3v) is 2.56. The van der Waals surface area contributed by atoms with Gasteiger partial charge in [-0.05, 0) is 12.5 Å². The van der Waals surface area contributed by atoms with Gasteiger partial charge in [0, 0.05) is 6.07 Å². The molecule has 0 bridgehead atoms. The quantitative estimate of drug-likeness (QED) is 0.482. The normalized spacial score (nSPS) is 11.7. The molecule has 1 atom stereocenters. The van der Waals surface area contributed by atoms with Crippen LogP contribution in [0.1, 0.15) is 31.4 Å². The fourth-order valence-corrected chi connectivity index (χ4v) is 1.74. The second-order valence-corrected chi connectivity index (χ2v) is 3.92. The average Bonchev–Trinajstić information content (AvgIpc) is 2.36. The van der Waals surface area contributed by atoms with E-state index in [-0.39, 0.29) is 12.0 Å². The Kier molecular flexibility index (Phi) is 4.95. The van der Waals surface area contributed by atoms with E-state index in [2.05, 4.69) is 4.74 Å². The number of rotatable bonds is 6. The van der Waals surface area contributed by atoms with E-state index in [9.17, 15) is 25.0 Å². The molecule has 1 aromatic carbocycles. The maximum absolute atomic E-state index is 11.0. The van der Waals surface area contributed by atoms with Crippen LogP contribution in [0, 0.1) is 20.2 Å². The Hall–Kier alpha value is -2.71. The zero-order valence-electron chi connectivity index (χ0n) is 10.5. The monoisotopic (exact) mass is 284 g/mol. The van der Waals surface area contributed by atoms with Crippen molar-refractivity contribution in [1.29, 1.82) is 0 Å². The van der Waals surface area contributed by atoms with E-state index >= 15 is 0 Å². The van der Waals surface area contributed by atoms with Crippen LogP contribution in [0.25, 0.3) is 0 Å². The van der Waals surface area contributed by atoms with Gasteiger partial charge in [0.25, 0.3) is 11.4 Å². The largest absolute Gasteiger partial charge is 0.506 e. The highest BCUT2D eigenvalue weighted by atomic mass is 16.7. The number of nitro benzene ring substituents is 2. The minimum Gasteiger partial charge on any atom is -0.450 e. The van der Waals surface area contributed by atoms with Gasteiger partial charge < -0.3 is 9.84 Å². The Labute approximate surface area is 113 Å². The first-order valence-corrected chi connectivity index (χ1v) is 5.69. The third-order valence-electron chi connectivity index (χ3n) is 2.56.